The van der Waals surface area contributed by atoms with Crippen LogP contribution in [-0.2, 0) is 0 Å². The van der Waals surface area contributed by atoms with Gasteiger partial charge in [0.15, 0.2) is 11.6 Å². The molecule has 2 fully saturated rings. The molecule has 5 rings (SSSR count). The lowest BCUT2D eigenvalue weighted by Gasteiger charge is -2.38. The number of aromatic hydroxyl groups is 1. The molecule has 2 aliphatic rings. The number of phenols is 1. The van der Waals surface area contributed by atoms with Gasteiger partial charge in [0.05, 0.1) is 17.8 Å². The van der Waals surface area contributed by atoms with Crippen LogP contribution in [-0.4, -0.2) is 56.6 Å². The number of anilines is 1. The van der Waals surface area contributed by atoms with E-state index < -0.39 is 6.17 Å². The van der Waals surface area contributed by atoms with Gasteiger partial charge in [-0.05, 0) is 49.8 Å². The molecule has 0 spiro atoms. The molecular weight excluding hydrogens is 371 g/mol. The van der Waals surface area contributed by atoms with Crippen LogP contribution in [0.1, 0.15) is 25.0 Å². The van der Waals surface area contributed by atoms with Crippen LogP contribution in [0.4, 0.5) is 10.2 Å². The van der Waals surface area contributed by atoms with Crippen molar-refractivity contribution >= 4 is 16.6 Å². The monoisotopic (exact) mass is 394 g/mol. The largest absolute Gasteiger partial charge is 0.507 e. The molecule has 150 valence electrons. The van der Waals surface area contributed by atoms with E-state index in [1.54, 1.807) is 24.5 Å². The molecule has 1 aromatic carbocycles. The van der Waals surface area contributed by atoms with Crippen molar-refractivity contribution < 1.29 is 9.50 Å². The van der Waals surface area contributed by atoms with Gasteiger partial charge in [-0.25, -0.2) is 9.37 Å². The van der Waals surface area contributed by atoms with Gasteiger partial charge in [0.1, 0.15) is 11.9 Å². The van der Waals surface area contributed by atoms with E-state index in [2.05, 4.69) is 25.5 Å². The van der Waals surface area contributed by atoms with Crippen LogP contribution in [0.25, 0.3) is 22.2 Å². The van der Waals surface area contributed by atoms with Gasteiger partial charge in [-0.15, -0.1) is 10.2 Å². The molecule has 0 radical (unpaired) electrons. The van der Waals surface area contributed by atoms with Gasteiger partial charge in [-0.2, -0.15) is 0 Å². The standard InChI is InChI=1S/C21H23FN6O/c1-11-5-12-7-18(29)15(6-13(12)9-23-11)21-24-10-19(26-27-21)28(2)17-8-14-3-4-16(25-14)20(17)22/h5-7,9-10,14,16-17,20,25,29H,3-4,8H2,1-2H3/t14?,16?,17-,20+/m0/s1. The van der Waals surface area contributed by atoms with E-state index in [0.717, 1.165) is 35.7 Å². The SMILES string of the molecule is Cc1cc2cc(O)c(-c3ncc(N(C)[C@H]4CC5CCC(N5)[C@H]4F)nn3)cc2cn1. The highest BCUT2D eigenvalue weighted by Crippen LogP contribution is 2.34. The maximum atomic E-state index is 14.8. The zero-order valence-corrected chi connectivity index (χ0v) is 16.4. The Balaban J connectivity index is 1.42. The quantitative estimate of drug-likeness (QED) is 0.706. The summed E-state index contributed by atoms with van der Waals surface area (Å²) in [7, 11) is 1.84. The molecule has 8 heteroatoms. The lowest BCUT2D eigenvalue weighted by Crippen LogP contribution is -2.55. The second-order valence-electron chi connectivity index (χ2n) is 8.09. The van der Waals surface area contributed by atoms with E-state index in [1.807, 2.05) is 24.9 Å². The number of pyridine rings is 1. The average molecular weight is 394 g/mol. The maximum Gasteiger partial charge on any atom is 0.185 e. The van der Waals surface area contributed by atoms with Crippen molar-refractivity contribution in [3.8, 4) is 17.1 Å². The summed E-state index contributed by atoms with van der Waals surface area (Å²) in [5, 5.41) is 24.1. The van der Waals surface area contributed by atoms with Crippen molar-refractivity contribution in [1.29, 1.82) is 0 Å². The minimum Gasteiger partial charge on any atom is -0.507 e. The lowest BCUT2D eigenvalue weighted by molar-refractivity contribution is 0.176. The summed E-state index contributed by atoms with van der Waals surface area (Å²) in [4.78, 5) is 10.5. The number of nitrogens with zero attached hydrogens (tertiary/aromatic N) is 5. The van der Waals surface area contributed by atoms with Gasteiger partial charge in [-0.3, -0.25) is 4.98 Å². The Labute approximate surface area is 168 Å². The normalized spacial score (nSPS) is 26.0. The van der Waals surface area contributed by atoms with E-state index in [1.165, 1.54) is 0 Å². The molecule has 2 bridgehead atoms. The molecule has 2 unspecified atom stereocenters. The van der Waals surface area contributed by atoms with Crippen molar-refractivity contribution in [2.45, 2.75) is 50.5 Å². The highest BCUT2D eigenvalue weighted by Gasteiger charge is 2.43. The number of alkyl halides is 1. The number of rotatable bonds is 3. The molecule has 0 aliphatic carbocycles. The molecule has 2 aromatic heterocycles. The van der Waals surface area contributed by atoms with Crippen LogP contribution in [0.3, 0.4) is 0 Å². The second kappa shape index (κ2) is 6.88. The smallest absolute Gasteiger partial charge is 0.185 e. The molecule has 29 heavy (non-hydrogen) atoms. The predicted octanol–water partition coefficient (Wildman–Crippen LogP) is 2.77. The number of hydrogen-bond donors (Lipinski definition) is 2. The number of aryl methyl sites for hydroxylation is 1. The Morgan fingerprint density at radius 1 is 1.10 bits per heavy atom. The Morgan fingerprint density at radius 3 is 2.76 bits per heavy atom. The van der Waals surface area contributed by atoms with Crippen LogP contribution >= 0.6 is 0 Å². The molecule has 0 saturated carbocycles. The fourth-order valence-corrected chi connectivity index (χ4v) is 4.54. The molecule has 3 aromatic rings. The summed E-state index contributed by atoms with van der Waals surface area (Å²) in [6, 6.07) is 5.45. The van der Waals surface area contributed by atoms with Gasteiger partial charge in [0.25, 0.3) is 0 Å². The van der Waals surface area contributed by atoms with E-state index in [9.17, 15) is 9.50 Å². The minimum absolute atomic E-state index is 0.0758. The molecule has 4 atom stereocenters. The number of halogens is 1. The van der Waals surface area contributed by atoms with E-state index in [-0.39, 0.29) is 17.8 Å². The third kappa shape index (κ3) is 3.17. The Bertz CT molecular complexity index is 1060. The molecule has 2 saturated heterocycles. The maximum absolute atomic E-state index is 14.8. The summed E-state index contributed by atoms with van der Waals surface area (Å²) in [5.74, 6) is 0.939. The summed E-state index contributed by atoms with van der Waals surface area (Å²) in [6.45, 7) is 1.91. The Kier molecular flexibility index (Phi) is 4.31. The average Bonchev–Trinajstić information content (AvgIpc) is 3.13. The van der Waals surface area contributed by atoms with Crippen LogP contribution in [0.15, 0.2) is 30.6 Å². The van der Waals surface area contributed by atoms with Gasteiger partial charge in [0.2, 0.25) is 0 Å². The first-order chi connectivity index (χ1) is 14.0. The summed E-state index contributed by atoms with van der Waals surface area (Å²) >= 11 is 0. The van der Waals surface area contributed by atoms with Gasteiger partial charge in [0, 0.05) is 36.4 Å². The van der Waals surface area contributed by atoms with Gasteiger partial charge < -0.3 is 15.3 Å². The number of benzene rings is 1. The first-order valence-corrected chi connectivity index (χ1v) is 9.92. The highest BCUT2D eigenvalue weighted by molar-refractivity contribution is 5.89. The lowest BCUT2D eigenvalue weighted by atomic mass is 9.96. The first kappa shape index (κ1) is 18.2. The number of fused-ring (bicyclic) bond motifs is 3. The van der Waals surface area contributed by atoms with Crippen LogP contribution < -0.4 is 10.2 Å². The number of piperidine rings is 1. The predicted molar refractivity (Wildman–Crippen MR) is 109 cm³/mol. The molecule has 7 nitrogen and oxygen atoms in total. The van der Waals surface area contributed by atoms with Crippen LogP contribution in [0.2, 0.25) is 0 Å². The Hall–Kier alpha value is -2.87. The van der Waals surface area contributed by atoms with Crippen molar-refractivity contribution in [1.82, 2.24) is 25.5 Å². The first-order valence-electron chi connectivity index (χ1n) is 9.92. The topological polar surface area (TPSA) is 87.1 Å². The number of aromatic nitrogens is 4. The van der Waals surface area contributed by atoms with E-state index in [4.69, 9.17) is 0 Å². The van der Waals surface area contributed by atoms with Crippen molar-refractivity contribution in [2.24, 2.45) is 0 Å². The van der Waals surface area contributed by atoms with E-state index >= 15 is 0 Å². The zero-order valence-electron chi connectivity index (χ0n) is 16.4. The summed E-state index contributed by atoms with van der Waals surface area (Å²) < 4.78 is 14.8. The van der Waals surface area contributed by atoms with Gasteiger partial charge in [-0.1, -0.05) is 0 Å². The third-order valence-corrected chi connectivity index (χ3v) is 6.18. The van der Waals surface area contributed by atoms with Crippen molar-refractivity contribution in [2.75, 3.05) is 11.9 Å². The third-order valence-electron chi connectivity index (χ3n) is 6.18. The van der Waals surface area contributed by atoms with Crippen molar-refractivity contribution in [3.05, 3.63) is 36.3 Å². The highest BCUT2D eigenvalue weighted by atomic mass is 19.1. The molecule has 2 aliphatic heterocycles. The molecule has 0 amide bonds. The fraction of sp³-hybridized carbons (Fsp3) is 0.429. The Morgan fingerprint density at radius 2 is 1.97 bits per heavy atom. The minimum atomic E-state index is -0.944. The van der Waals surface area contributed by atoms with Crippen LogP contribution in [0, 0.1) is 6.92 Å². The van der Waals surface area contributed by atoms with Crippen molar-refractivity contribution in [3.63, 3.8) is 0 Å². The molecular formula is C21H23FN6O. The van der Waals surface area contributed by atoms with E-state index in [0.29, 0.717) is 23.2 Å². The number of hydrogen-bond acceptors (Lipinski definition) is 7. The summed E-state index contributed by atoms with van der Waals surface area (Å²) in [5.41, 5.74) is 1.38. The number of nitrogens with one attached hydrogen (secondary N) is 1. The van der Waals surface area contributed by atoms with Gasteiger partial charge >= 0.3 is 0 Å². The molecule has 2 N–H and O–H groups in total. The number of phenolic OH excluding ortho intramolecular Hbond substituents is 1. The summed E-state index contributed by atoms with van der Waals surface area (Å²) in [6.07, 6.45) is 5.06. The van der Waals surface area contributed by atoms with Crippen LogP contribution in [0.5, 0.6) is 5.75 Å². The fourth-order valence-electron chi connectivity index (χ4n) is 4.54. The second-order valence-corrected chi connectivity index (χ2v) is 8.09. The molecule has 4 heterocycles. The zero-order chi connectivity index (χ0) is 20.1.